The average Bonchev–Trinajstić information content (AvgIpc) is 2.14. The van der Waals surface area contributed by atoms with Gasteiger partial charge in [-0.2, -0.15) is 5.90 Å². The number of nitrogens with two attached hydrogens (primary N) is 1. The summed E-state index contributed by atoms with van der Waals surface area (Å²) in [4.78, 5) is 4.19. The Kier molecular flexibility index (Phi) is 0.997. The molecule has 0 unspecified atom stereocenters. The van der Waals surface area contributed by atoms with Gasteiger partial charge in [0, 0.05) is 6.07 Å². The van der Waals surface area contributed by atoms with Crippen LogP contribution in [0.25, 0.3) is 0 Å². The van der Waals surface area contributed by atoms with E-state index in [9.17, 15) is 0 Å². The Morgan fingerprint density at radius 1 is 1.71 bits per heavy atom. The van der Waals surface area contributed by atoms with E-state index < -0.39 is 0 Å². The van der Waals surface area contributed by atoms with E-state index in [2.05, 4.69) is 9.25 Å². The first-order valence-electron chi connectivity index (χ1n) is 1.83. The van der Waals surface area contributed by atoms with Gasteiger partial charge in [0.25, 0.3) is 0 Å². The molecule has 0 aliphatic carbocycles. The second kappa shape index (κ2) is 1.66. The van der Waals surface area contributed by atoms with Gasteiger partial charge in [0.1, 0.15) is 0 Å². The van der Waals surface area contributed by atoms with Crippen molar-refractivity contribution in [1.82, 2.24) is 0 Å². The van der Waals surface area contributed by atoms with Crippen LogP contribution < -0.4 is 10.7 Å². The van der Waals surface area contributed by atoms with Crippen molar-refractivity contribution in [1.29, 1.82) is 0 Å². The van der Waals surface area contributed by atoms with Gasteiger partial charge in [-0.3, -0.25) is 0 Å². The summed E-state index contributed by atoms with van der Waals surface area (Å²) in [5, 5.41) is 0. The minimum Gasteiger partial charge on any atom is -0.433 e. The van der Waals surface area contributed by atoms with E-state index in [0.717, 1.165) is 0 Å². The average molecular weight is 99.1 g/mol. The normalized spacial score (nSPS) is 8.71. The molecule has 3 heteroatoms. The highest BCUT2D eigenvalue weighted by Gasteiger charge is 1.86. The van der Waals surface area contributed by atoms with Gasteiger partial charge in [-0.1, -0.05) is 0 Å². The molecule has 0 saturated carbocycles. The first kappa shape index (κ1) is 4.21. The second-order valence-electron chi connectivity index (χ2n) is 1.05. The minimum atomic E-state index is 0.333. The minimum absolute atomic E-state index is 0.333. The monoisotopic (exact) mass is 99.0 g/mol. The van der Waals surface area contributed by atoms with Gasteiger partial charge in [0.2, 0.25) is 0 Å². The Bertz CT molecular complexity index is 124. The maximum absolute atomic E-state index is 4.70. The topological polar surface area (TPSA) is 48.4 Å². The van der Waals surface area contributed by atoms with Crippen LogP contribution in [0.1, 0.15) is 0 Å². The largest absolute Gasteiger partial charge is 0.433 e. The molecule has 0 aliphatic heterocycles. The molecule has 0 fully saturated rings. The van der Waals surface area contributed by atoms with Crippen molar-refractivity contribution in [3.63, 3.8) is 0 Å². The molecule has 38 valence electrons. The molecule has 0 amide bonds. The van der Waals surface area contributed by atoms with Gasteiger partial charge in [-0.25, -0.2) is 0 Å². The third kappa shape index (κ3) is 0.721. The Hall–Kier alpha value is -0.960. The molecule has 2 N–H and O–H groups in total. The molecule has 0 aromatic carbocycles. The van der Waals surface area contributed by atoms with Crippen LogP contribution in [-0.2, 0) is 0 Å². The second-order valence-corrected chi connectivity index (χ2v) is 1.05. The fraction of sp³-hybridized carbons (Fsp3) is 0. The third-order valence-corrected chi connectivity index (χ3v) is 0.611. The molecule has 0 atom stereocenters. The molecule has 0 spiro atoms. The van der Waals surface area contributed by atoms with Gasteiger partial charge >= 0.3 is 5.95 Å². The molecule has 3 nitrogen and oxygen atoms in total. The van der Waals surface area contributed by atoms with Crippen molar-refractivity contribution in [2.24, 2.45) is 5.90 Å². The van der Waals surface area contributed by atoms with Crippen molar-refractivity contribution in [3.8, 4) is 5.95 Å². The lowest BCUT2D eigenvalue weighted by Crippen LogP contribution is -1.99. The smallest absolute Gasteiger partial charge is 0.304 e. The van der Waals surface area contributed by atoms with Crippen LogP contribution in [0.3, 0.4) is 0 Å². The SMILES string of the molecule is NOc1ccco1. The predicted octanol–water partition coefficient (Wildman–Crippen LogP) is 0.532. The zero-order chi connectivity index (χ0) is 5.11. The quantitative estimate of drug-likeness (QED) is 0.522. The molecule has 0 aliphatic rings. The van der Waals surface area contributed by atoms with Crippen molar-refractivity contribution in [3.05, 3.63) is 18.4 Å². The fourth-order valence-electron chi connectivity index (χ4n) is 0.331. The van der Waals surface area contributed by atoms with Crippen molar-refractivity contribution in [2.45, 2.75) is 0 Å². The van der Waals surface area contributed by atoms with Crippen molar-refractivity contribution in [2.75, 3.05) is 0 Å². The summed E-state index contributed by atoms with van der Waals surface area (Å²) in [6.07, 6.45) is 1.49. The van der Waals surface area contributed by atoms with Gasteiger partial charge in [0.15, 0.2) is 0 Å². The van der Waals surface area contributed by atoms with Crippen LogP contribution in [0.5, 0.6) is 5.95 Å². The molecule has 7 heavy (non-hydrogen) atoms. The zero-order valence-corrected chi connectivity index (χ0v) is 3.63. The number of rotatable bonds is 1. The van der Waals surface area contributed by atoms with Crippen molar-refractivity contribution < 1.29 is 9.25 Å². The Morgan fingerprint density at radius 2 is 2.57 bits per heavy atom. The maximum Gasteiger partial charge on any atom is 0.304 e. The summed E-state index contributed by atoms with van der Waals surface area (Å²) < 4.78 is 4.64. The van der Waals surface area contributed by atoms with E-state index in [-0.39, 0.29) is 0 Å². The Balaban J connectivity index is 2.76. The number of hydrogen-bond acceptors (Lipinski definition) is 3. The molecule has 0 bridgehead atoms. The summed E-state index contributed by atoms with van der Waals surface area (Å²) in [6.45, 7) is 0. The molecule has 1 aromatic heterocycles. The Labute approximate surface area is 40.6 Å². The highest BCUT2D eigenvalue weighted by atomic mass is 16.7. The highest BCUT2D eigenvalue weighted by Crippen LogP contribution is 2.06. The molecule has 0 saturated heterocycles. The Morgan fingerprint density at radius 3 is 2.86 bits per heavy atom. The van der Waals surface area contributed by atoms with Gasteiger partial charge in [0.05, 0.1) is 6.26 Å². The predicted molar refractivity (Wildman–Crippen MR) is 23.5 cm³/mol. The molecular weight excluding hydrogens is 94.0 g/mol. The highest BCUT2D eigenvalue weighted by molar-refractivity contribution is 5.02. The van der Waals surface area contributed by atoms with Crippen LogP contribution in [0, 0.1) is 0 Å². The summed E-state index contributed by atoms with van der Waals surface area (Å²) in [6, 6.07) is 3.32. The van der Waals surface area contributed by atoms with Crippen LogP contribution in [0.4, 0.5) is 0 Å². The summed E-state index contributed by atoms with van der Waals surface area (Å²) >= 11 is 0. The van der Waals surface area contributed by atoms with E-state index in [1.165, 1.54) is 6.26 Å². The third-order valence-electron chi connectivity index (χ3n) is 0.611. The maximum atomic E-state index is 4.70. The van der Waals surface area contributed by atoms with Gasteiger partial charge in [-0.05, 0) is 6.07 Å². The van der Waals surface area contributed by atoms with E-state index in [1.54, 1.807) is 12.1 Å². The van der Waals surface area contributed by atoms with E-state index in [0.29, 0.717) is 5.95 Å². The van der Waals surface area contributed by atoms with Gasteiger partial charge in [-0.15, -0.1) is 0 Å². The van der Waals surface area contributed by atoms with Crippen molar-refractivity contribution >= 4 is 0 Å². The lowest BCUT2D eigenvalue weighted by Gasteiger charge is -1.84. The lowest BCUT2D eigenvalue weighted by atomic mass is 10.7. The van der Waals surface area contributed by atoms with E-state index in [1.807, 2.05) is 0 Å². The van der Waals surface area contributed by atoms with Crippen LogP contribution in [0.2, 0.25) is 0 Å². The van der Waals surface area contributed by atoms with E-state index in [4.69, 9.17) is 5.90 Å². The summed E-state index contributed by atoms with van der Waals surface area (Å²) in [7, 11) is 0. The van der Waals surface area contributed by atoms with Gasteiger partial charge < -0.3 is 9.25 Å². The van der Waals surface area contributed by atoms with Crippen LogP contribution >= 0.6 is 0 Å². The van der Waals surface area contributed by atoms with E-state index >= 15 is 0 Å². The van der Waals surface area contributed by atoms with Crippen LogP contribution in [0.15, 0.2) is 22.8 Å². The molecule has 1 aromatic rings. The lowest BCUT2D eigenvalue weighted by molar-refractivity contribution is 0.251. The zero-order valence-electron chi connectivity index (χ0n) is 3.63. The standard InChI is InChI=1S/C4H5NO2/c5-7-4-2-1-3-6-4/h1-3H,5H2. The van der Waals surface area contributed by atoms with Crippen LogP contribution in [-0.4, -0.2) is 0 Å². The molecule has 1 rings (SSSR count). The first-order chi connectivity index (χ1) is 3.43. The molecule has 1 heterocycles. The first-order valence-corrected chi connectivity index (χ1v) is 1.83. The number of hydrogen-bond donors (Lipinski definition) is 1. The molecule has 0 radical (unpaired) electrons. The molecular formula is C4H5NO2. The fourth-order valence-corrected chi connectivity index (χ4v) is 0.331. The summed E-state index contributed by atoms with van der Waals surface area (Å²) in [5.74, 6) is 5.03. The summed E-state index contributed by atoms with van der Waals surface area (Å²) in [5.41, 5.74) is 0. The number of furan rings is 1.